The normalized spacial score (nSPS) is 12.3. The van der Waals surface area contributed by atoms with E-state index >= 15 is 0 Å². The lowest BCUT2D eigenvalue weighted by molar-refractivity contribution is 0.472. The molecular weight excluding hydrogens is 695 g/mol. The maximum Gasteiger partial charge on any atom is 0.149 e. The molecule has 0 fully saturated rings. The number of aromatic hydroxyl groups is 1. The first-order valence-electron chi connectivity index (χ1n) is 20.7. The average molecular weight is 741 g/mol. The molecule has 2 aromatic heterocycles. The van der Waals surface area contributed by atoms with Crippen molar-refractivity contribution in [3.63, 3.8) is 0 Å². The fraction of sp³-hybridized carbons (Fsp3) is 0.0943. The maximum atomic E-state index is 11.7. The van der Waals surface area contributed by atoms with E-state index in [0.717, 1.165) is 89.2 Å². The Labute approximate surface area is 338 Å². The smallest absolute Gasteiger partial charge is 0.149 e. The summed E-state index contributed by atoms with van der Waals surface area (Å²) >= 11 is 0. The molecule has 0 unspecified atom stereocenters. The summed E-state index contributed by atoms with van der Waals surface area (Å²) in [6.07, 6.45) is 1.80. The second kappa shape index (κ2) is 14.6. The molecule has 0 saturated carbocycles. The van der Waals surface area contributed by atoms with Gasteiger partial charge in [0.15, 0.2) is 0 Å². The molecule has 4 heteroatoms. The zero-order valence-corrected chi connectivity index (χ0v) is 32.4. The van der Waals surface area contributed by atoms with Crippen molar-refractivity contribution in [1.82, 2.24) is 14.5 Å². The Kier molecular flexibility index (Phi) is 8.23. The van der Waals surface area contributed by atoms with E-state index in [2.05, 4.69) is 109 Å². The molecule has 7 aromatic carbocycles. The lowest BCUT2D eigenvalue weighted by Crippen LogP contribution is -2.01. The van der Waals surface area contributed by atoms with Gasteiger partial charge in [0.25, 0.3) is 0 Å². The Morgan fingerprint density at radius 1 is 0.509 bits per heavy atom. The maximum absolute atomic E-state index is 11.7. The first kappa shape index (κ1) is 32.2. The summed E-state index contributed by atoms with van der Waals surface area (Å²) < 4.78 is 25.6. The number of phenolic OH excluding ortho intramolecular Hbond substituents is 1. The third-order valence-electron chi connectivity index (χ3n) is 11.0. The van der Waals surface area contributed by atoms with Crippen LogP contribution in [0.1, 0.15) is 31.9 Å². The number of fused-ring (bicyclic) bond motifs is 1. The summed E-state index contributed by atoms with van der Waals surface area (Å²) in [4.78, 5) is 10.3. The lowest BCUT2D eigenvalue weighted by atomic mass is 9.93. The van der Waals surface area contributed by atoms with Gasteiger partial charge in [-0.3, -0.25) is 9.55 Å². The molecular formula is C53H43N3O. The number of benzene rings is 7. The van der Waals surface area contributed by atoms with Gasteiger partial charge in [-0.1, -0.05) is 109 Å². The molecule has 4 nitrogen and oxygen atoms in total. The topological polar surface area (TPSA) is 50.9 Å². The van der Waals surface area contributed by atoms with Gasteiger partial charge in [0, 0.05) is 27.1 Å². The van der Waals surface area contributed by atoms with Gasteiger partial charge in [-0.2, -0.15) is 0 Å². The molecule has 0 atom stereocenters. The van der Waals surface area contributed by atoms with Crippen LogP contribution in [0.2, 0.25) is 0 Å². The van der Waals surface area contributed by atoms with Gasteiger partial charge < -0.3 is 5.11 Å². The van der Waals surface area contributed by atoms with E-state index in [-0.39, 0.29) is 5.75 Å². The van der Waals surface area contributed by atoms with Crippen LogP contribution in [0, 0.1) is 34.5 Å². The Bertz CT molecular complexity index is 3060. The number of pyridine rings is 1. The minimum atomic E-state index is -2.17. The van der Waals surface area contributed by atoms with Crippen LogP contribution >= 0.6 is 0 Å². The highest BCUT2D eigenvalue weighted by atomic mass is 16.3. The third-order valence-corrected chi connectivity index (χ3v) is 11.0. The summed E-state index contributed by atoms with van der Waals surface area (Å²) in [7, 11) is 0. The Morgan fingerprint density at radius 3 is 1.96 bits per heavy atom. The molecule has 0 aliphatic heterocycles. The van der Waals surface area contributed by atoms with Gasteiger partial charge in [0.05, 0.1) is 22.3 Å². The molecule has 57 heavy (non-hydrogen) atoms. The fourth-order valence-electron chi connectivity index (χ4n) is 7.95. The summed E-state index contributed by atoms with van der Waals surface area (Å²) in [5.74, 6) is 0.862. The van der Waals surface area contributed by atoms with Crippen molar-refractivity contribution >= 4 is 11.0 Å². The molecule has 0 spiro atoms. The summed E-state index contributed by atoms with van der Waals surface area (Å²) in [6, 6.07) is 53.1. The van der Waals surface area contributed by atoms with Crippen LogP contribution in [-0.2, 0) is 0 Å². The van der Waals surface area contributed by atoms with E-state index in [1.165, 1.54) is 5.56 Å². The molecule has 0 amide bonds. The number of hydrogen-bond acceptors (Lipinski definition) is 3. The van der Waals surface area contributed by atoms with Crippen LogP contribution in [-0.4, -0.2) is 19.6 Å². The minimum Gasteiger partial charge on any atom is -0.507 e. The largest absolute Gasteiger partial charge is 0.507 e. The predicted molar refractivity (Wildman–Crippen MR) is 237 cm³/mol. The number of para-hydroxylation sites is 1. The summed E-state index contributed by atoms with van der Waals surface area (Å²) in [5.41, 5.74) is 17.7. The Balaban J connectivity index is 1.27. The molecule has 1 N–H and O–H groups in total. The molecule has 0 radical (unpaired) electrons. The van der Waals surface area contributed by atoms with Gasteiger partial charge in [-0.05, 0) is 150 Å². The number of rotatable bonds is 7. The molecule has 0 aliphatic carbocycles. The zero-order valence-electron chi connectivity index (χ0n) is 35.4. The van der Waals surface area contributed by atoms with E-state index in [0.29, 0.717) is 17.0 Å². The Morgan fingerprint density at radius 2 is 1.21 bits per heavy atom. The quantitative estimate of drug-likeness (QED) is 0.177. The molecule has 0 saturated heterocycles. The first-order valence-corrected chi connectivity index (χ1v) is 19.2. The van der Waals surface area contributed by atoms with Crippen molar-refractivity contribution in [2.45, 2.75) is 34.5 Å². The number of aromatic nitrogens is 3. The molecule has 9 aromatic rings. The number of hydrogen-bond donors (Lipinski definition) is 1. The van der Waals surface area contributed by atoms with Crippen molar-refractivity contribution in [3.8, 4) is 78.6 Å². The fourth-order valence-corrected chi connectivity index (χ4v) is 7.95. The summed E-state index contributed by atoms with van der Waals surface area (Å²) in [6.45, 7) is 6.12. The van der Waals surface area contributed by atoms with Crippen molar-refractivity contribution in [1.29, 1.82) is 0 Å². The SMILES string of the molecule is [2H]C([2H])([2H])c1ccc(-c2ccnc(-c3cc(-c4ccccc4)cc(-c4cccc5c4nc(-c4cc(C)cc(C)c4O)n5-c4cc(C)c(C)c(-c5ccccc5)c4)c3)c2)cc1. The van der Waals surface area contributed by atoms with E-state index in [4.69, 9.17) is 14.1 Å². The van der Waals surface area contributed by atoms with Crippen LogP contribution in [0.25, 0.3) is 83.9 Å². The van der Waals surface area contributed by atoms with Gasteiger partial charge in [0.1, 0.15) is 11.6 Å². The lowest BCUT2D eigenvalue weighted by Gasteiger charge is -2.17. The van der Waals surface area contributed by atoms with Gasteiger partial charge in [0.2, 0.25) is 0 Å². The van der Waals surface area contributed by atoms with E-state index in [1.54, 1.807) is 18.3 Å². The van der Waals surface area contributed by atoms with Crippen molar-refractivity contribution in [2.24, 2.45) is 0 Å². The second-order valence-electron chi connectivity index (χ2n) is 14.9. The third kappa shape index (κ3) is 6.70. The van der Waals surface area contributed by atoms with E-state index in [9.17, 15) is 5.11 Å². The van der Waals surface area contributed by atoms with Crippen molar-refractivity contribution < 1.29 is 9.22 Å². The molecule has 9 rings (SSSR count). The number of imidazole rings is 1. The van der Waals surface area contributed by atoms with E-state index < -0.39 is 6.85 Å². The van der Waals surface area contributed by atoms with Crippen LogP contribution in [0.4, 0.5) is 0 Å². The van der Waals surface area contributed by atoms with Crippen LogP contribution < -0.4 is 0 Å². The van der Waals surface area contributed by atoms with Crippen LogP contribution in [0.5, 0.6) is 5.75 Å². The highest BCUT2D eigenvalue weighted by Gasteiger charge is 2.23. The van der Waals surface area contributed by atoms with Gasteiger partial charge in [-0.15, -0.1) is 0 Å². The highest BCUT2D eigenvalue weighted by Crippen LogP contribution is 2.42. The number of phenols is 1. The molecule has 0 bridgehead atoms. The van der Waals surface area contributed by atoms with Crippen LogP contribution in [0.15, 0.2) is 164 Å². The molecule has 2 heterocycles. The highest BCUT2D eigenvalue weighted by molar-refractivity contribution is 5.98. The molecule has 0 aliphatic rings. The predicted octanol–water partition coefficient (Wildman–Crippen LogP) is 13.7. The summed E-state index contributed by atoms with van der Waals surface area (Å²) in [5, 5.41) is 11.7. The van der Waals surface area contributed by atoms with Gasteiger partial charge >= 0.3 is 0 Å². The second-order valence-corrected chi connectivity index (χ2v) is 14.9. The van der Waals surface area contributed by atoms with Crippen molar-refractivity contribution in [2.75, 3.05) is 0 Å². The van der Waals surface area contributed by atoms with Crippen LogP contribution in [0.3, 0.4) is 0 Å². The molecule has 276 valence electrons. The Hall–Kier alpha value is -7.04. The average Bonchev–Trinajstić information content (AvgIpc) is 3.66. The van der Waals surface area contributed by atoms with Gasteiger partial charge in [-0.25, -0.2) is 4.98 Å². The first-order chi connectivity index (χ1) is 28.9. The van der Waals surface area contributed by atoms with Crippen molar-refractivity contribution in [3.05, 3.63) is 192 Å². The standard InChI is InChI=1S/C53H43N3O/c1-33-19-21-39(22-20-33)41-23-24-54-49(31-41)44-29-42(38-13-8-6-9-14-38)28-43(30-44)46-17-12-18-50-51(46)55-53(48-26-34(2)25-36(4)52(48)57)56(50)45-27-35(3)37(5)47(32-45)40-15-10-7-11-16-40/h6-32,57H,1-5H3/i1D3. The van der Waals surface area contributed by atoms with E-state index in [1.807, 2.05) is 68.4 Å². The monoisotopic (exact) mass is 740 g/mol. The zero-order chi connectivity index (χ0) is 41.7. The number of aryl methyl sites for hydroxylation is 4. The minimum absolute atomic E-state index is 0.207. The number of nitrogens with zero attached hydrogens (tertiary/aromatic N) is 3.